The fourth-order valence-electron chi connectivity index (χ4n) is 3.75. The van der Waals surface area contributed by atoms with Crippen LogP contribution in [0.3, 0.4) is 0 Å². The zero-order valence-electron chi connectivity index (χ0n) is 19.0. The minimum atomic E-state index is -0.344. The molecule has 0 atom stereocenters. The van der Waals surface area contributed by atoms with Crippen molar-refractivity contribution in [2.24, 2.45) is 0 Å². The average molecular weight is 505 g/mol. The highest BCUT2D eigenvalue weighted by molar-refractivity contribution is 7.99. The van der Waals surface area contributed by atoms with Crippen LogP contribution >= 0.6 is 23.1 Å². The number of hydrogen-bond acceptors (Lipinski definition) is 6. The summed E-state index contributed by atoms with van der Waals surface area (Å²) >= 11 is 2.50. The molecule has 176 valence electrons. The number of nitrogens with one attached hydrogen (secondary N) is 1. The molecule has 1 N–H and O–H groups in total. The minimum Gasteiger partial charge on any atom is -0.325 e. The van der Waals surface area contributed by atoms with E-state index in [1.54, 1.807) is 22.9 Å². The first kappa shape index (κ1) is 23.2. The Morgan fingerprint density at radius 1 is 1.14 bits per heavy atom. The van der Waals surface area contributed by atoms with E-state index in [2.05, 4.69) is 10.3 Å². The van der Waals surface area contributed by atoms with E-state index in [9.17, 15) is 14.0 Å². The quantitative estimate of drug-likeness (QED) is 0.243. The molecule has 0 saturated heterocycles. The zero-order valence-corrected chi connectivity index (χ0v) is 20.7. The fourth-order valence-corrected chi connectivity index (χ4v) is 5.57. The van der Waals surface area contributed by atoms with Crippen molar-refractivity contribution in [3.63, 3.8) is 0 Å². The molecule has 3 aromatic heterocycles. The largest absolute Gasteiger partial charge is 0.325 e. The van der Waals surface area contributed by atoms with Crippen molar-refractivity contribution < 1.29 is 9.18 Å². The smallest absolute Gasteiger partial charge is 0.272 e. The molecule has 0 bridgehead atoms. The number of thiophene rings is 1. The fraction of sp³-hybridized carbons (Fsp3) is 0.154. The lowest BCUT2D eigenvalue weighted by Crippen LogP contribution is -2.24. The number of hydrogen-bond donors (Lipinski definition) is 1. The number of nitrogens with zero attached hydrogens (tertiary/aromatic N) is 3. The highest BCUT2D eigenvalue weighted by Crippen LogP contribution is 2.30. The van der Waals surface area contributed by atoms with E-state index in [0.29, 0.717) is 15.4 Å². The number of carbonyl (C=O) groups is 1. The van der Waals surface area contributed by atoms with Crippen molar-refractivity contribution in [3.8, 4) is 0 Å². The Hall–Kier alpha value is -3.56. The van der Waals surface area contributed by atoms with Crippen molar-refractivity contribution in [2.75, 3.05) is 11.1 Å². The van der Waals surface area contributed by atoms with Crippen molar-refractivity contribution >= 4 is 55.1 Å². The second-order valence-corrected chi connectivity index (χ2v) is 10.1. The van der Waals surface area contributed by atoms with E-state index in [4.69, 9.17) is 4.98 Å². The number of aromatic nitrogens is 3. The van der Waals surface area contributed by atoms with Gasteiger partial charge in [-0.2, -0.15) is 0 Å². The first-order valence-electron chi connectivity index (χ1n) is 10.9. The second kappa shape index (κ2) is 9.59. The second-order valence-electron chi connectivity index (χ2n) is 8.20. The molecule has 5 rings (SSSR count). The van der Waals surface area contributed by atoms with Gasteiger partial charge >= 0.3 is 0 Å². The molecule has 0 spiro atoms. The predicted octanol–water partition coefficient (Wildman–Crippen LogP) is 5.54. The number of amides is 1. The number of pyridine rings is 1. The highest BCUT2D eigenvalue weighted by Gasteiger charge is 2.18. The molecule has 9 heteroatoms. The van der Waals surface area contributed by atoms with Gasteiger partial charge in [-0.25, -0.2) is 14.4 Å². The van der Waals surface area contributed by atoms with Gasteiger partial charge in [0, 0.05) is 17.3 Å². The molecular weight excluding hydrogens is 483 g/mol. The summed E-state index contributed by atoms with van der Waals surface area (Å²) in [7, 11) is 0. The minimum absolute atomic E-state index is 0.0784. The van der Waals surface area contributed by atoms with Gasteiger partial charge in [0.25, 0.3) is 5.56 Å². The van der Waals surface area contributed by atoms with E-state index < -0.39 is 0 Å². The Labute approximate surface area is 208 Å². The monoisotopic (exact) mass is 504 g/mol. The van der Waals surface area contributed by atoms with Crippen LogP contribution in [0.2, 0.25) is 0 Å². The average Bonchev–Trinajstić information content (AvgIpc) is 3.22. The zero-order chi connectivity index (χ0) is 24.5. The van der Waals surface area contributed by atoms with Gasteiger partial charge in [0.2, 0.25) is 5.91 Å². The number of anilines is 1. The number of halogens is 1. The van der Waals surface area contributed by atoms with Gasteiger partial charge in [0.05, 0.1) is 17.8 Å². The van der Waals surface area contributed by atoms with E-state index in [1.165, 1.54) is 35.2 Å². The van der Waals surface area contributed by atoms with Crippen LogP contribution in [0.25, 0.3) is 20.4 Å². The van der Waals surface area contributed by atoms with Crippen molar-refractivity contribution in [2.45, 2.75) is 25.5 Å². The summed E-state index contributed by atoms with van der Waals surface area (Å²) in [6.07, 6.45) is 1.68. The lowest BCUT2D eigenvalue weighted by atomic mass is 10.1. The first-order chi connectivity index (χ1) is 16.9. The molecule has 0 radical (unpaired) electrons. The summed E-state index contributed by atoms with van der Waals surface area (Å²) < 4.78 is 15.5. The molecule has 0 fully saturated rings. The maximum Gasteiger partial charge on any atom is 0.272 e. The van der Waals surface area contributed by atoms with Gasteiger partial charge in [0.1, 0.15) is 15.3 Å². The third-order valence-electron chi connectivity index (χ3n) is 5.57. The van der Waals surface area contributed by atoms with Gasteiger partial charge in [-0.3, -0.25) is 14.2 Å². The maximum absolute atomic E-state index is 13.5. The molecule has 1 amide bonds. The number of thioether (sulfide) groups is 1. The Bertz CT molecular complexity index is 1630. The topological polar surface area (TPSA) is 76.9 Å². The van der Waals surface area contributed by atoms with Crippen LogP contribution < -0.4 is 10.9 Å². The molecule has 6 nitrogen and oxygen atoms in total. The molecule has 0 saturated carbocycles. The summed E-state index contributed by atoms with van der Waals surface area (Å²) in [5.41, 5.74) is 3.92. The number of rotatable bonds is 6. The van der Waals surface area contributed by atoms with Crippen LogP contribution in [0.4, 0.5) is 10.1 Å². The number of fused-ring (bicyclic) bond motifs is 3. The highest BCUT2D eigenvalue weighted by atomic mass is 32.2. The third-order valence-corrected chi connectivity index (χ3v) is 7.64. The van der Waals surface area contributed by atoms with Gasteiger partial charge in [-0.15, -0.1) is 11.3 Å². The van der Waals surface area contributed by atoms with Gasteiger partial charge in [-0.1, -0.05) is 36.0 Å². The lowest BCUT2D eigenvalue weighted by Gasteiger charge is -2.13. The number of carbonyl (C=O) groups excluding carboxylic acids is 1. The lowest BCUT2D eigenvalue weighted by molar-refractivity contribution is -0.113. The molecular formula is C26H21FN4O2S2. The Balaban J connectivity index is 1.51. The van der Waals surface area contributed by atoms with E-state index in [0.717, 1.165) is 32.6 Å². The van der Waals surface area contributed by atoms with Crippen LogP contribution in [0.15, 0.2) is 70.7 Å². The van der Waals surface area contributed by atoms with E-state index in [1.807, 2.05) is 44.2 Å². The third kappa shape index (κ3) is 4.82. The summed E-state index contributed by atoms with van der Waals surface area (Å²) in [5, 5.41) is 4.18. The molecule has 0 aliphatic heterocycles. The van der Waals surface area contributed by atoms with E-state index in [-0.39, 0.29) is 29.6 Å². The molecule has 5 aromatic rings. The molecule has 0 unspecified atom stereocenters. The SMILES string of the molecule is Cc1ccc(C)c(NC(=O)CSc2nc3c(sc4ncccc43)c(=O)n2Cc2ccc(F)cc2)c1. The maximum atomic E-state index is 13.5. The van der Waals surface area contributed by atoms with Crippen LogP contribution in [0, 0.1) is 19.7 Å². The van der Waals surface area contributed by atoms with Gasteiger partial charge in [-0.05, 0) is 60.9 Å². The van der Waals surface area contributed by atoms with Crippen molar-refractivity contribution in [3.05, 3.63) is 93.7 Å². The Kier molecular flexibility index (Phi) is 6.36. The molecule has 3 heterocycles. The van der Waals surface area contributed by atoms with Crippen LogP contribution in [-0.2, 0) is 11.3 Å². The molecule has 0 aliphatic carbocycles. The van der Waals surface area contributed by atoms with Crippen LogP contribution in [0.1, 0.15) is 16.7 Å². The van der Waals surface area contributed by atoms with Crippen molar-refractivity contribution in [1.82, 2.24) is 14.5 Å². The Morgan fingerprint density at radius 2 is 1.94 bits per heavy atom. The standard InChI is InChI=1S/C26H21FN4O2S2/c1-15-5-6-16(2)20(12-15)29-21(32)14-34-26-30-22-19-4-3-11-28-24(19)35-23(22)25(33)31(26)13-17-7-9-18(27)10-8-17/h3-12H,13-14H2,1-2H3,(H,29,32). The molecule has 2 aromatic carbocycles. The number of benzene rings is 2. The van der Waals surface area contributed by atoms with E-state index >= 15 is 0 Å². The number of aryl methyl sites for hydroxylation is 2. The molecule has 35 heavy (non-hydrogen) atoms. The van der Waals surface area contributed by atoms with Gasteiger partial charge < -0.3 is 5.32 Å². The summed E-state index contributed by atoms with van der Waals surface area (Å²) in [5.74, 6) is -0.457. The predicted molar refractivity (Wildman–Crippen MR) is 140 cm³/mol. The van der Waals surface area contributed by atoms with Gasteiger partial charge in [0.15, 0.2) is 5.16 Å². The first-order valence-corrected chi connectivity index (χ1v) is 12.7. The van der Waals surface area contributed by atoms with Crippen LogP contribution in [0.5, 0.6) is 0 Å². The van der Waals surface area contributed by atoms with Crippen LogP contribution in [-0.4, -0.2) is 26.2 Å². The Morgan fingerprint density at radius 3 is 2.74 bits per heavy atom. The summed E-state index contributed by atoms with van der Waals surface area (Å²) in [6, 6.07) is 15.6. The summed E-state index contributed by atoms with van der Waals surface area (Å²) in [4.78, 5) is 36.2. The molecule has 0 aliphatic rings. The van der Waals surface area contributed by atoms with Crippen molar-refractivity contribution in [1.29, 1.82) is 0 Å². The normalized spacial score (nSPS) is 11.3. The summed E-state index contributed by atoms with van der Waals surface area (Å²) in [6.45, 7) is 4.12.